The van der Waals surface area contributed by atoms with E-state index >= 15 is 0 Å². The van der Waals surface area contributed by atoms with Gasteiger partial charge in [-0.25, -0.2) is 0 Å². The minimum atomic E-state index is -0.859. The Bertz CT molecular complexity index is 516. The highest BCUT2D eigenvalue weighted by molar-refractivity contribution is 5.96. The van der Waals surface area contributed by atoms with Crippen molar-refractivity contribution in [2.24, 2.45) is 10.8 Å². The van der Waals surface area contributed by atoms with E-state index in [0.717, 1.165) is 5.56 Å². The molecule has 2 atom stereocenters. The fraction of sp³-hybridized carbons (Fsp3) is 0.500. The van der Waals surface area contributed by atoms with E-state index in [1.165, 1.54) is 5.56 Å². The molecule has 2 rings (SSSR count). The van der Waals surface area contributed by atoms with Crippen LogP contribution in [0.15, 0.2) is 24.3 Å². The highest BCUT2D eigenvalue weighted by Crippen LogP contribution is 2.59. The van der Waals surface area contributed by atoms with Gasteiger partial charge in [0.15, 0.2) is 5.78 Å². The van der Waals surface area contributed by atoms with Gasteiger partial charge in [0.1, 0.15) is 5.41 Å². The van der Waals surface area contributed by atoms with Crippen LogP contribution in [0.2, 0.25) is 0 Å². The molecule has 0 heterocycles. The lowest BCUT2D eigenvalue weighted by Gasteiger charge is -2.51. The van der Waals surface area contributed by atoms with Crippen LogP contribution in [-0.2, 0) is 4.79 Å². The molecule has 0 N–H and O–H groups in total. The number of nitrogens with zero attached hydrogens (tertiary/aromatic N) is 1. The molecular weight excluding hydrogens is 222 g/mol. The molecule has 1 aromatic rings. The molecule has 0 bridgehead atoms. The zero-order valence-corrected chi connectivity index (χ0v) is 11.4. The predicted octanol–water partition coefficient (Wildman–Crippen LogP) is 3.61. The van der Waals surface area contributed by atoms with E-state index in [1.54, 1.807) is 0 Å². The molecule has 0 amide bonds. The van der Waals surface area contributed by atoms with Crippen molar-refractivity contribution in [3.8, 4) is 6.07 Å². The highest BCUT2D eigenvalue weighted by atomic mass is 16.1. The zero-order valence-electron chi connectivity index (χ0n) is 11.4. The summed E-state index contributed by atoms with van der Waals surface area (Å²) in [5.74, 6) is 0.124. The number of carbonyl (C=O) groups excluding carboxylic acids is 1. The maximum Gasteiger partial charge on any atom is 0.154 e. The van der Waals surface area contributed by atoms with Gasteiger partial charge in [-0.05, 0) is 17.9 Å². The second-order valence-electron chi connectivity index (χ2n) is 6.26. The summed E-state index contributed by atoms with van der Waals surface area (Å²) in [6, 6.07) is 10.5. The summed E-state index contributed by atoms with van der Waals surface area (Å²) in [6.45, 7) is 7.98. The van der Waals surface area contributed by atoms with Crippen molar-refractivity contribution in [1.82, 2.24) is 0 Å². The van der Waals surface area contributed by atoms with Gasteiger partial charge < -0.3 is 0 Å². The van der Waals surface area contributed by atoms with E-state index in [-0.39, 0.29) is 17.1 Å². The summed E-state index contributed by atoms with van der Waals surface area (Å²) >= 11 is 0. The van der Waals surface area contributed by atoms with Crippen molar-refractivity contribution in [2.75, 3.05) is 0 Å². The second-order valence-corrected chi connectivity index (χ2v) is 6.26. The van der Waals surface area contributed by atoms with Gasteiger partial charge in [-0.1, -0.05) is 50.6 Å². The first-order valence-electron chi connectivity index (χ1n) is 6.34. The van der Waals surface area contributed by atoms with Gasteiger partial charge in [0, 0.05) is 12.3 Å². The molecule has 0 saturated heterocycles. The number of hydrogen-bond acceptors (Lipinski definition) is 2. The molecule has 1 fully saturated rings. The summed E-state index contributed by atoms with van der Waals surface area (Å²) < 4.78 is 0. The molecule has 0 spiro atoms. The van der Waals surface area contributed by atoms with Crippen LogP contribution in [0.3, 0.4) is 0 Å². The van der Waals surface area contributed by atoms with E-state index in [1.807, 2.05) is 52.0 Å². The van der Waals surface area contributed by atoms with Crippen LogP contribution >= 0.6 is 0 Å². The Hall–Kier alpha value is -1.62. The van der Waals surface area contributed by atoms with Crippen molar-refractivity contribution >= 4 is 5.78 Å². The van der Waals surface area contributed by atoms with Crippen molar-refractivity contribution in [2.45, 2.75) is 40.0 Å². The number of benzene rings is 1. The molecule has 1 aromatic carbocycles. The Morgan fingerprint density at radius 3 is 2.22 bits per heavy atom. The molecule has 1 aliphatic carbocycles. The number of aryl methyl sites for hydroxylation is 1. The lowest BCUT2D eigenvalue weighted by molar-refractivity contribution is -0.144. The quantitative estimate of drug-likeness (QED) is 0.753. The number of rotatable bonds is 1. The standard InChI is InChI=1S/C16H19NO/c1-11-5-7-12(8-6-11)13-9-14(18)16(13,10-17)15(2,3)4/h5-8,13H,9H2,1-4H3/t13-,16+/m0/s1. The Morgan fingerprint density at radius 2 is 1.83 bits per heavy atom. The first-order valence-corrected chi connectivity index (χ1v) is 6.34. The molecule has 0 aromatic heterocycles. The van der Waals surface area contributed by atoms with Crippen LogP contribution < -0.4 is 0 Å². The van der Waals surface area contributed by atoms with Gasteiger partial charge in [0.05, 0.1) is 6.07 Å². The minimum Gasteiger partial charge on any atom is -0.298 e. The fourth-order valence-corrected chi connectivity index (χ4v) is 2.98. The van der Waals surface area contributed by atoms with E-state index < -0.39 is 5.41 Å². The van der Waals surface area contributed by atoms with Crippen LogP contribution in [0.4, 0.5) is 0 Å². The fourth-order valence-electron chi connectivity index (χ4n) is 2.98. The summed E-state index contributed by atoms with van der Waals surface area (Å²) in [4.78, 5) is 12.1. The molecule has 1 aliphatic rings. The topological polar surface area (TPSA) is 40.9 Å². The van der Waals surface area contributed by atoms with Gasteiger partial charge in [-0.15, -0.1) is 0 Å². The average Bonchev–Trinajstić information content (AvgIpc) is 2.26. The lowest BCUT2D eigenvalue weighted by Crippen LogP contribution is -2.55. The molecule has 0 unspecified atom stereocenters. The number of Topliss-reactive ketones (excluding diaryl/α,β-unsaturated/α-hetero) is 1. The maximum atomic E-state index is 12.1. The number of hydrogen-bond donors (Lipinski definition) is 0. The normalized spacial score (nSPS) is 27.5. The minimum absolute atomic E-state index is 0.0376. The summed E-state index contributed by atoms with van der Waals surface area (Å²) in [7, 11) is 0. The Balaban J connectivity index is 2.45. The third-order valence-electron chi connectivity index (χ3n) is 4.19. The Morgan fingerprint density at radius 1 is 1.28 bits per heavy atom. The first kappa shape index (κ1) is 12.8. The van der Waals surface area contributed by atoms with Crippen molar-refractivity contribution in [3.63, 3.8) is 0 Å². The molecular formula is C16H19NO. The van der Waals surface area contributed by atoms with Gasteiger partial charge >= 0.3 is 0 Å². The lowest BCUT2D eigenvalue weighted by atomic mass is 9.47. The van der Waals surface area contributed by atoms with Crippen molar-refractivity contribution in [1.29, 1.82) is 5.26 Å². The molecule has 1 saturated carbocycles. The summed E-state index contributed by atoms with van der Waals surface area (Å²) in [5, 5.41) is 9.56. The van der Waals surface area contributed by atoms with Crippen LogP contribution in [0.1, 0.15) is 44.2 Å². The SMILES string of the molecule is Cc1ccc([C@@H]2CC(=O)[C@]2(C#N)C(C)(C)C)cc1. The number of carbonyl (C=O) groups is 1. The summed E-state index contributed by atoms with van der Waals surface area (Å²) in [5.41, 5.74) is 1.12. The molecule has 0 aliphatic heterocycles. The second kappa shape index (κ2) is 3.95. The highest BCUT2D eigenvalue weighted by Gasteiger charge is 2.62. The van der Waals surface area contributed by atoms with E-state index in [4.69, 9.17) is 0 Å². The van der Waals surface area contributed by atoms with Crippen molar-refractivity contribution in [3.05, 3.63) is 35.4 Å². The smallest absolute Gasteiger partial charge is 0.154 e. The van der Waals surface area contributed by atoms with Crippen LogP contribution in [0.5, 0.6) is 0 Å². The number of nitriles is 1. The molecule has 0 radical (unpaired) electrons. The van der Waals surface area contributed by atoms with Gasteiger partial charge in [-0.2, -0.15) is 5.26 Å². The molecule has 2 nitrogen and oxygen atoms in total. The van der Waals surface area contributed by atoms with Crippen LogP contribution in [0, 0.1) is 29.1 Å². The molecule has 2 heteroatoms. The Labute approximate surface area is 109 Å². The monoisotopic (exact) mass is 241 g/mol. The summed E-state index contributed by atoms with van der Waals surface area (Å²) in [6.07, 6.45) is 0.494. The largest absolute Gasteiger partial charge is 0.298 e. The third kappa shape index (κ3) is 1.58. The van der Waals surface area contributed by atoms with Gasteiger partial charge in [0.25, 0.3) is 0 Å². The molecule has 94 valence electrons. The van der Waals surface area contributed by atoms with Crippen molar-refractivity contribution < 1.29 is 4.79 Å². The van der Waals surface area contributed by atoms with Crippen LogP contribution in [0.25, 0.3) is 0 Å². The molecule has 18 heavy (non-hydrogen) atoms. The van der Waals surface area contributed by atoms with E-state index in [2.05, 4.69) is 6.07 Å². The average molecular weight is 241 g/mol. The predicted molar refractivity (Wildman–Crippen MR) is 71.0 cm³/mol. The van der Waals surface area contributed by atoms with Gasteiger partial charge in [-0.3, -0.25) is 4.79 Å². The zero-order chi connectivity index (χ0) is 13.6. The number of ketones is 1. The Kier molecular flexibility index (Phi) is 2.81. The van der Waals surface area contributed by atoms with Gasteiger partial charge in [0.2, 0.25) is 0 Å². The van der Waals surface area contributed by atoms with E-state index in [0.29, 0.717) is 6.42 Å². The maximum absolute atomic E-state index is 12.1. The van der Waals surface area contributed by atoms with Crippen LogP contribution in [-0.4, -0.2) is 5.78 Å². The van der Waals surface area contributed by atoms with E-state index in [9.17, 15) is 10.1 Å². The third-order valence-corrected chi connectivity index (χ3v) is 4.19. The first-order chi connectivity index (χ1) is 8.33.